The highest BCUT2D eigenvalue weighted by Gasteiger charge is 2.39. The zero-order valence-corrected chi connectivity index (χ0v) is 18.2. The van der Waals surface area contributed by atoms with E-state index in [0.29, 0.717) is 29.7 Å². The van der Waals surface area contributed by atoms with Crippen molar-refractivity contribution in [3.05, 3.63) is 33.8 Å². The maximum atomic E-state index is 13.3. The van der Waals surface area contributed by atoms with Crippen LogP contribution in [0.2, 0.25) is 10.0 Å². The lowest BCUT2D eigenvalue weighted by molar-refractivity contribution is -0.138. The molecule has 0 unspecified atom stereocenters. The van der Waals surface area contributed by atoms with Crippen LogP contribution in [0.1, 0.15) is 52.0 Å². The van der Waals surface area contributed by atoms with E-state index in [0.717, 1.165) is 31.2 Å². The number of carbonyl (C=O) groups excluding carboxylic acids is 2. The van der Waals surface area contributed by atoms with Gasteiger partial charge in [0.2, 0.25) is 5.91 Å². The monoisotopic (exact) mass is 426 g/mol. The minimum absolute atomic E-state index is 0.0757. The molecule has 1 saturated heterocycles. The second-order valence-corrected chi connectivity index (χ2v) is 9.48. The molecule has 0 bridgehead atoms. The Labute approximate surface area is 176 Å². The van der Waals surface area contributed by atoms with Gasteiger partial charge in [0.1, 0.15) is 5.60 Å². The van der Waals surface area contributed by atoms with Gasteiger partial charge in [-0.15, -0.1) is 0 Å². The van der Waals surface area contributed by atoms with Gasteiger partial charge in [-0.3, -0.25) is 4.79 Å². The van der Waals surface area contributed by atoms with Gasteiger partial charge in [-0.05, 0) is 58.6 Å². The van der Waals surface area contributed by atoms with E-state index >= 15 is 0 Å². The summed E-state index contributed by atoms with van der Waals surface area (Å²) in [6, 6.07) is 5.63. The van der Waals surface area contributed by atoms with Crippen molar-refractivity contribution in [3.8, 4) is 0 Å². The van der Waals surface area contributed by atoms with Crippen LogP contribution < -0.4 is 0 Å². The van der Waals surface area contributed by atoms with E-state index in [2.05, 4.69) is 0 Å². The quantitative estimate of drug-likeness (QED) is 0.669. The second-order valence-electron chi connectivity index (χ2n) is 8.66. The van der Waals surface area contributed by atoms with Gasteiger partial charge in [0.25, 0.3) is 0 Å². The van der Waals surface area contributed by atoms with Gasteiger partial charge < -0.3 is 14.5 Å². The maximum absolute atomic E-state index is 13.3. The predicted octanol–water partition coefficient (Wildman–Crippen LogP) is 5.13. The molecule has 1 saturated carbocycles. The van der Waals surface area contributed by atoms with Crippen molar-refractivity contribution in [2.45, 2.75) is 64.6 Å². The Morgan fingerprint density at radius 3 is 2.39 bits per heavy atom. The molecule has 1 aromatic carbocycles. The van der Waals surface area contributed by atoms with Crippen LogP contribution in [0.4, 0.5) is 4.79 Å². The van der Waals surface area contributed by atoms with Crippen LogP contribution in [-0.4, -0.2) is 46.5 Å². The minimum Gasteiger partial charge on any atom is -0.444 e. The third-order valence-corrected chi connectivity index (χ3v) is 5.79. The first-order valence-electron chi connectivity index (χ1n) is 9.87. The van der Waals surface area contributed by atoms with E-state index in [4.69, 9.17) is 27.9 Å². The Morgan fingerprint density at radius 2 is 1.82 bits per heavy atom. The van der Waals surface area contributed by atoms with Gasteiger partial charge in [-0.25, -0.2) is 4.79 Å². The van der Waals surface area contributed by atoms with E-state index in [1.165, 1.54) is 0 Å². The molecule has 3 rings (SSSR count). The van der Waals surface area contributed by atoms with E-state index in [1.807, 2.05) is 25.7 Å². The number of benzene rings is 1. The first-order valence-corrected chi connectivity index (χ1v) is 10.6. The normalized spacial score (nSPS) is 20.0. The molecule has 1 aliphatic heterocycles. The number of nitrogens with zero attached hydrogens (tertiary/aromatic N) is 2. The molecular formula is C21H28Cl2N2O3. The van der Waals surface area contributed by atoms with E-state index in [1.54, 1.807) is 23.1 Å². The van der Waals surface area contributed by atoms with E-state index in [9.17, 15) is 9.59 Å². The van der Waals surface area contributed by atoms with Crippen LogP contribution in [0.15, 0.2) is 18.2 Å². The topological polar surface area (TPSA) is 49.9 Å². The summed E-state index contributed by atoms with van der Waals surface area (Å²) >= 11 is 12.6. The number of piperidine rings is 1. The average Bonchev–Trinajstić information content (AvgIpc) is 3.45. The van der Waals surface area contributed by atoms with Gasteiger partial charge in [0.15, 0.2) is 0 Å². The highest BCUT2D eigenvalue weighted by Crippen LogP contribution is 2.34. The Morgan fingerprint density at radius 1 is 1.18 bits per heavy atom. The fourth-order valence-corrected chi connectivity index (χ4v) is 4.05. The number of hydrogen-bond donors (Lipinski definition) is 0. The number of ether oxygens (including phenoxy) is 1. The molecule has 154 valence electrons. The van der Waals surface area contributed by atoms with E-state index in [-0.39, 0.29) is 24.0 Å². The molecular weight excluding hydrogens is 399 g/mol. The smallest absolute Gasteiger partial charge is 0.410 e. The molecule has 5 nitrogen and oxygen atoms in total. The molecule has 7 heteroatoms. The van der Waals surface area contributed by atoms with Crippen molar-refractivity contribution in [2.75, 3.05) is 13.1 Å². The summed E-state index contributed by atoms with van der Waals surface area (Å²) in [5.41, 5.74) is 0.236. The van der Waals surface area contributed by atoms with Crippen LogP contribution in [0.5, 0.6) is 0 Å². The lowest BCUT2D eigenvalue weighted by Crippen LogP contribution is -2.48. The Hall–Kier alpha value is -1.46. The highest BCUT2D eigenvalue weighted by atomic mass is 35.5. The summed E-state index contributed by atoms with van der Waals surface area (Å²) in [6.45, 7) is 6.97. The number of amides is 2. The molecule has 1 heterocycles. The lowest BCUT2D eigenvalue weighted by atomic mass is 9.96. The van der Waals surface area contributed by atoms with Gasteiger partial charge in [0, 0.05) is 41.3 Å². The first kappa shape index (κ1) is 21.3. The van der Waals surface area contributed by atoms with Crippen molar-refractivity contribution in [3.63, 3.8) is 0 Å². The molecule has 0 radical (unpaired) electrons. The van der Waals surface area contributed by atoms with Crippen LogP contribution in [0.25, 0.3) is 0 Å². The fraction of sp³-hybridized carbons (Fsp3) is 0.619. The first-order chi connectivity index (χ1) is 13.2. The molecule has 28 heavy (non-hydrogen) atoms. The molecule has 2 fully saturated rings. The molecule has 1 aliphatic carbocycles. The summed E-state index contributed by atoms with van der Waals surface area (Å²) in [5, 5.41) is 1.15. The molecule has 0 N–H and O–H groups in total. The van der Waals surface area contributed by atoms with Gasteiger partial charge >= 0.3 is 6.09 Å². The van der Waals surface area contributed by atoms with E-state index < -0.39 is 5.60 Å². The second kappa shape index (κ2) is 8.50. The summed E-state index contributed by atoms with van der Waals surface area (Å²) in [6.07, 6.45) is 3.21. The number of hydrogen-bond acceptors (Lipinski definition) is 3. The molecule has 0 spiro atoms. The van der Waals surface area contributed by atoms with Crippen molar-refractivity contribution in [2.24, 2.45) is 5.92 Å². The number of likely N-dealkylation sites (tertiary alicyclic amines) is 1. The Balaban J connectivity index is 1.70. The van der Waals surface area contributed by atoms with Gasteiger partial charge in [-0.2, -0.15) is 0 Å². The summed E-state index contributed by atoms with van der Waals surface area (Å²) in [7, 11) is 0. The molecule has 0 aromatic heterocycles. The standard InChI is InChI=1S/C21H28Cl2N2O3/c1-21(2,3)28-20(27)24-11-5-6-14(12-24)19(26)25(15-9-10-15)13-16-17(22)7-4-8-18(16)23/h4,7-8,14-15H,5-6,9-13H2,1-3H3/t14-/m0/s1. The zero-order chi connectivity index (χ0) is 20.5. The van der Waals surface area contributed by atoms with Gasteiger partial charge in [0.05, 0.1) is 5.92 Å². The van der Waals surface area contributed by atoms with Crippen LogP contribution in [0, 0.1) is 5.92 Å². The van der Waals surface area contributed by atoms with Crippen molar-refractivity contribution in [1.82, 2.24) is 9.80 Å². The third kappa shape index (κ3) is 5.32. The highest BCUT2D eigenvalue weighted by molar-refractivity contribution is 6.36. The third-order valence-electron chi connectivity index (χ3n) is 5.08. The SMILES string of the molecule is CC(C)(C)OC(=O)N1CCC[C@H](C(=O)N(Cc2c(Cl)cccc2Cl)C2CC2)C1. The zero-order valence-electron chi connectivity index (χ0n) is 16.7. The van der Waals surface area contributed by atoms with Crippen LogP contribution in [0.3, 0.4) is 0 Å². The Kier molecular flexibility index (Phi) is 6.45. The molecule has 2 aliphatic rings. The predicted molar refractivity (Wildman–Crippen MR) is 111 cm³/mol. The minimum atomic E-state index is -0.547. The van der Waals surface area contributed by atoms with Crippen LogP contribution >= 0.6 is 23.2 Å². The fourth-order valence-electron chi connectivity index (χ4n) is 3.53. The maximum Gasteiger partial charge on any atom is 0.410 e. The van der Waals surface area contributed by atoms with Crippen LogP contribution in [-0.2, 0) is 16.1 Å². The lowest BCUT2D eigenvalue weighted by Gasteiger charge is -2.36. The average molecular weight is 427 g/mol. The van der Waals surface area contributed by atoms with Gasteiger partial charge in [-0.1, -0.05) is 29.3 Å². The van der Waals surface area contributed by atoms with Crippen molar-refractivity contribution >= 4 is 35.2 Å². The molecule has 1 atom stereocenters. The molecule has 2 amide bonds. The van der Waals surface area contributed by atoms with Crippen molar-refractivity contribution in [1.29, 1.82) is 0 Å². The summed E-state index contributed by atoms with van der Waals surface area (Å²) in [4.78, 5) is 29.3. The molecule has 1 aromatic rings. The largest absolute Gasteiger partial charge is 0.444 e. The summed E-state index contributed by atoms with van der Waals surface area (Å²) < 4.78 is 5.48. The number of carbonyl (C=O) groups is 2. The number of halogens is 2. The van der Waals surface area contributed by atoms with Crippen molar-refractivity contribution < 1.29 is 14.3 Å². The Bertz CT molecular complexity index is 723. The summed E-state index contributed by atoms with van der Waals surface area (Å²) in [5.74, 6) is -0.144. The number of rotatable bonds is 4.